The van der Waals surface area contributed by atoms with Crippen molar-refractivity contribution >= 4 is 17.7 Å². The first-order valence-electron chi connectivity index (χ1n) is 11.6. The molecular formula is C26H30FNO5. The van der Waals surface area contributed by atoms with Crippen molar-refractivity contribution in [2.75, 3.05) is 7.11 Å². The second kappa shape index (κ2) is 9.49. The van der Waals surface area contributed by atoms with E-state index in [0.717, 1.165) is 32.1 Å². The quantitative estimate of drug-likeness (QED) is 0.538. The van der Waals surface area contributed by atoms with E-state index >= 15 is 0 Å². The summed E-state index contributed by atoms with van der Waals surface area (Å²) in [7, 11) is 1.26. The van der Waals surface area contributed by atoms with Gasteiger partial charge in [0.05, 0.1) is 12.7 Å². The summed E-state index contributed by atoms with van der Waals surface area (Å²) in [6.45, 7) is 3.60. The lowest BCUT2D eigenvalue weighted by Gasteiger charge is -2.38. The van der Waals surface area contributed by atoms with Crippen molar-refractivity contribution in [2.45, 2.75) is 64.4 Å². The average molecular weight is 456 g/mol. The van der Waals surface area contributed by atoms with Crippen molar-refractivity contribution in [1.29, 1.82) is 0 Å². The number of dihydropyridines is 1. The summed E-state index contributed by atoms with van der Waals surface area (Å²) < 4.78 is 25.0. The summed E-state index contributed by atoms with van der Waals surface area (Å²) in [5, 5.41) is 3.23. The van der Waals surface area contributed by atoms with Crippen LogP contribution < -0.4 is 5.32 Å². The molecule has 1 aliphatic heterocycles. The molecule has 1 heterocycles. The Hall–Kier alpha value is -2.96. The highest BCUT2D eigenvalue weighted by molar-refractivity contribution is 6.12. The van der Waals surface area contributed by atoms with Gasteiger partial charge in [-0.15, -0.1) is 0 Å². The summed E-state index contributed by atoms with van der Waals surface area (Å²) in [6.07, 6.45) is 5.04. The monoisotopic (exact) mass is 455 g/mol. The lowest BCUT2D eigenvalue weighted by Crippen LogP contribution is -2.43. The minimum Gasteiger partial charge on any atom is -0.468 e. The maximum absolute atomic E-state index is 14.2. The van der Waals surface area contributed by atoms with Crippen LogP contribution in [0, 0.1) is 17.7 Å². The Labute approximate surface area is 193 Å². The van der Waals surface area contributed by atoms with Gasteiger partial charge >= 0.3 is 11.9 Å². The van der Waals surface area contributed by atoms with E-state index in [0.29, 0.717) is 29.0 Å². The van der Waals surface area contributed by atoms with Gasteiger partial charge in [-0.3, -0.25) is 9.59 Å². The van der Waals surface area contributed by atoms with Gasteiger partial charge in [0.1, 0.15) is 17.8 Å². The lowest BCUT2D eigenvalue weighted by molar-refractivity contribution is -0.151. The standard InChI is InChI=1S/C26H30FNO5/c1-14-12-19-23(24(29)20(14)25(30)32-3)22(16-8-7-9-17(27)13-16)21(15(2)28-19)26(31)33-18-10-5-4-6-11-18/h7-9,13-14,18,20,22,28H,4-6,10-12H2,1-3H3/t14-,20-,22-/m0/s1. The van der Waals surface area contributed by atoms with Gasteiger partial charge in [0.25, 0.3) is 0 Å². The molecule has 7 heteroatoms. The maximum atomic E-state index is 14.2. The Morgan fingerprint density at radius 1 is 1.15 bits per heavy atom. The van der Waals surface area contributed by atoms with Crippen LogP contribution in [0.25, 0.3) is 0 Å². The molecule has 0 aromatic heterocycles. The zero-order valence-electron chi connectivity index (χ0n) is 19.3. The summed E-state index contributed by atoms with van der Waals surface area (Å²) in [5.41, 5.74) is 2.33. The number of halogens is 1. The minimum absolute atomic E-state index is 0.167. The molecule has 6 nitrogen and oxygen atoms in total. The smallest absolute Gasteiger partial charge is 0.337 e. The first kappa shape index (κ1) is 23.2. The van der Waals surface area contributed by atoms with Crippen molar-refractivity contribution in [1.82, 2.24) is 5.32 Å². The number of allylic oxidation sites excluding steroid dienone is 3. The van der Waals surface area contributed by atoms with E-state index in [9.17, 15) is 18.8 Å². The van der Waals surface area contributed by atoms with Gasteiger partial charge in [0.2, 0.25) is 0 Å². The molecule has 2 aliphatic carbocycles. The van der Waals surface area contributed by atoms with Crippen LogP contribution in [-0.2, 0) is 23.9 Å². The van der Waals surface area contributed by atoms with E-state index in [1.54, 1.807) is 19.1 Å². The average Bonchev–Trinajstić information content (AvgIpc) is 2.78. The molecule has 3 atom stereocenters. The molecule has 0 amide bonds. The molecule has 1 aromatic rings. The largest absolute Gasteiger partial charge is 0.468 e. The fourth-order valence-corrected chi connectivity index (χ4v) is 5.37. The van der Waals surface area contributed by atoms with Gasteiger partial charge in [0, 0.05) is 22.9 Å². The summed E-state index contributed by atoms with van der Waals surface area (Å²) in [5.74, 6) is -4.03. The Morgan fingerprint density at radius 3 is 2.55 bits per heavy atom. The number of benzene rings is 1. The molecule has 0 unspecified atom stereocenters. The Bertz CT molecular complexity index is 1040. The van der Waals surface area contributed by atoms with Gasteiger partial charge in [-0.1, -0.05) is 25.5 Å². The van der Waals surface area contributed by atoms with Gasteiger partial charge in [-0.05, 0) is 62.6 Å². The SMILES string of the molecule is COC(=O)[C@@H]1C(=O)C2=C(C[C@@H]1C)NC(C)=C(C(=O)OC1CCCCC1)[C@@H]2c1cccc(F)c1. The highest BCUT2D eigenvalue weighted by Crippen LogP contribution is 2.45. The number of hydrogen-bond donors (Lipinski definition) is 1. The third-order valence-electron chi connectivity index (χ3n) is 6.97. The number of ketones is 1. The van der Waals surface area contributed by atoms with E-state index in [1.165, 1.54) is 19.2 Å². The van der Waals surface area contributed by atoms with E-state index in [1.807, 2.05) is 6.92 Å². The number of carbonyl (C=O) groups excluding carboxylic acids is 3. The van der Waals surface area contributed by atoms with Crippen LogP contribution in [0.4, 0.5) is 4.39 Å². The summed E-state index contributed by atoms with van der Waals surface area (Å²) in [4.78, 5) is 39.5. The molecule has 0 radical (unpaired) electrons. The first-order valence-corrected chi connectivity index (χ1v) is 11.6. The fourth-order valence-electron chi connectivity index (χ4n) is 5.37. The molecule has 0 bridgehead atoms. The van der Waals surface area contributed by atoms with Crippen LogP contribution in [0.15, 0.2) is 46.8 Å². The van der Waals surface area contributed by atoms with Crippen LogP contribution in [0.5, 0.6) is 0 Å². The van der Waals surface area contributed by atoms with Crippen LogP contribution in [0.2, 0.25) is 0 Å². The van der Waals surface area contributed by atoms with Gasteiger partial charge in [-0.2, -0.15) is 0 Å². The zero-order chi connectivity index (χ0) is 23.7. The van der Waals surface area contributed by atoms with Crippen LogP contribution >= 0.6 is 0 Å². The summed E-state index contributed by atoms with van der Waals surface area (Å²) >= 11 is 0. The molecule has 1 aromatic carbocycles. The van der Waals surface area contributed by atoms with E-state index in [4.69, 9.17) is 9.47 Å². The van der Waals surface area contributed by atoms with Crippen LogP contribution in [0.3, 0.4) is 0 Å². The van der Waals surface area contributed by atoms with Gasteiger partial charge in [0.15, 0.2) is 5.78 Å². The molecule has 3 aliphatic rings. The predicted molar refractivity (Wildman–Crippen MR) is 119 cm³/mol. The van der Waals surface area contributed by atoms with Crippen molar-refractivity contribution < 1.29 is 28.2 Å². The normalized spacial score (nSPS) is 25.9. The van der Waals surface area contributed by atoms with Crippen LogP contribution in [-0.4, -0.2) is 30.9 Å². The Morgan fingerprint density at radius 2 is 1.88 bits per heavy atom. The Kier molecular flexibility index (Phi) is 6.68. The molecule has 1 fully saturated rings. The van der Waals surface area contributed by atoms with Crippen molar-refractivity contribution in [3.63, 3.8) is 0 Å². The number of rotatable bonds is 4. The number of carbonyl (C=O) groups is 3. The van der Waals surface area contributed by atoms with Crippen molar-refractivity contribution in [3.05, 3.63) is 58.2 Å². The molecule has 0 spiro atoms. The molecule has 176 valence electrons. The second-order valence-electron chi connectivity index (χ2n) is 9.26. The maximum Gasteiger partial charge on any atom is 0.337 e. The molecular weight excluding hydrogens is 425 g/mol. The summed E-state index contributed by atoms with van der Waals surface area (Å²) in [6, 6.07) is 5.90. The second-order valence-corrected chi connectivity index (χ2v) is 9.26. The molecule has 0 saturated heterocycles. The van der Waals surface area contributed by atoms with Gasteiger partial charge in [-0.25, -0.2) is 9.18 Å². The Balaban J connectivity index is 1.78. The number of nitrogens with one attached hydrogen (secondary N) is 1. The lowest BCUT2D eigenvalue weighted by atomic mass is 9.69. The number of hydrogen-bond acceptors (Lipinski definition) is 6. The van der Waals surface area contributed by atoms with Crippen molar-refractivity contribution in [2.24, 2.45) is 11.8 Å². The highest BCUT2D eigenvalue weighted by atomic mass is 19.1. The molecule has 1 saturated carbocycles. The van der Waals surface area contributed by atoms with Crippen molar-refractivity contribution in [3.8, 4) is 0 Å². The topological polar surface area (TPSA) is 81.7 Å². The number of Topliss-reactive ketones (excluding diaryl/α,β-unsaturated/α-hetero) is 1. The number of ether oxygens (including phenoxy) is 2. The highest BCUT2D eigenvalue weighted by Gasteiger charge is 2.47. The van der Waals surface area contributed by atoms with Crippen LogP contribution in [0.1, 0.15) is 63.9 Å². The van der Waals surface area contributed by atoms with E-state index in [-0.39, 0.29) is 17.6 Å². The third kappa shape index (κ3) is 4.45. The van der Waals surface area contributed by atoms with E-state index < -0.39 is 35.4 Å². The third-order valence-corrected chi connectivity index (χ3v) is 6.97. The first-order chi connectivity index (χ1) is 15.8. The minimum atomic E-state index is -0.972. The number of methoxy groups -OCH3 is 1. The fraction of sp³-hybridized carbons (Fsp3) is 0.500. The molecule has 33 heavy (non-hydrogen) atoms. The van der Waals surface area contributed by atoms with Gasteiger partial charge < -0.3 is 14.8 Å². The zero-order valence-corrected chi connectivity index (χ0v) is 19.3. The van der Waals surface area contributed by atoms with E-state index in [2.05, 4.69) is 5.32 Å². The number of esters is 2. The predicted octanol–water partition coefficient (Wildman–Crippen LogP) is 4.31. The molecule has 4 rings (SSSR count). The molecule has 1 N–H and O–H groups in total.